The molecule has 134 valence electrons. The molecule has 0 atom stereocenters. The van der Waals surface area contributed by atoms with Gasteiger partial charge in [0.15, 0.2) is 0 Å². The number of hydrogen-bond acceptors (Lipinski definition) is 1. The third-order valence-electron chi connectivity index (χ3n) is 2.07. The zero-order valence-corrected chi connectivity index (χ0v) is 10.2. The van der Waals surface area contributed by atoms with Gasteiger partial charge in [-0.05, 0) is 0 Å². The molecule has 1 nitrogen and oxygen atoms in total. The molecule has 0 fully saturated rings. The van der Waals surface area contributed by atoms with Crippen LogP contribution < -0.4 is 0 Å². The summed E-state index contributed by atoms with van der Waals surface area (Å²) in [4.78, 5) is 0. The van der Waals surface area contributed by atoms with Crippen LogP contribution in [0.15, 0.2) is 0 Å². The number of halogens is 14. The average molecular weight is 386 g/mol. The topological polar surface area (TPSA) is 17.1 Å². The van der Waals surface area contributed by atoms with Gasteiger partial charge < -0.3 is 4.57 Å². The third-order valence-corrected chi connectivity index (χ3v) is 3.84. The summed E-state index contributed by atoms with van der Waals surface area (Å²) in [6.45, 7) is 0. The van der Waals surface area contributed by atoms with Crippen LogP contribution in [-0.4, -0.2) is 35.5 Å². The molecule has 0 spiro atoms. The van der Waals surface area contributed by atoms with Crippen molar-refractivity contribution in [3.8, 4) is 0 Å². The van der Waals surface area contributed by atoms with E-state index in [0.717, 1.165) is 0 Å². The summed E-state index contributed by atoms with van der Waals surface area (Å²) < 4.78 is 179. The Bertz CT molecular complexity index is 403. The summed E-state index contributed by atoms with van der Waals surface area (Å²) in [7, 11) is -7.48. The first-order chi connectivity index (χ1) is 9.15. The molecule has 0 radical (unpaired) electrons. The standard InChI is InChI=1S/C6HF14OP/c7-1(8,3(11,12)13)5(17,18)22(21)6(19,20)2(9,10)4(14,15)16/h22H. The van der Waals surface area contributed by atoms with Crippen LogP contribution in [0.4, 0.5) is 61.5 Å². The lowest BCUT2D eigenvalue weighted by molar-refractivity contribution is -0.344. The van der Waals surface area contributed by atoms with Crippen LogP contribution in [0.5, 0.6) is 0 Å². The largest absolute Gasteiger partial charge is 0.460 e. The van der Waals surface area contributed by atoms with Crippen molar-refractivity contribution >= 4 is 7.80 Å². The molecule has 0 aliphatic carbocycles. The fraction of sp³-hybridized carbons (Fsp3) is 1.00. The van der Waals surface area contributed by atoms with Crippen LogP contribution in [0.25, 0.3) is 0 Å². The quantitative estimate of drug-likeness (QED) is 0.484. The van der Waals surface area contributed by atoms with E-state index >= 15 is 0 Å². The van der Waals surface area contributed by atoms with E-state index in [9.17, 15) is 66.0 Å². The normalized spacial score (nSPS) is 16.3. The maximum atomic E-state index is 12.6. The van der Waals surface area contributed by atoms with Crippen molar-refractivity contribution in [1.29, 1.82) is 0 Å². The van der Waals surface area contributed by atoms with Gasteiger partial charge in [-0.3, -0.25) is 0 Å². The molecule has 0 saturated heterocycles. The lowest BCUT2D eigenvalue weighted by atomic mass is 10.3. The zero-order valence-electron chi connectivity index (χ0n) is 9.20. The minimum Gasteiger partial charge on any atom is -0.314 e. The molecule has 0 unspecified atom stereocenters. The second kappa shape index (κ2) is 5.13. The van der Waals surface area contributed by atoms with E-state index in [2.05, 4.69) is 0 Å². The van der Waals surface area contributed by atoms with E-state index in [0.29, 0.717) is 0 Å². The first-order valence-electron chi connectivity index (χ1n) is 4.35. The fourth-order valence-electron chi connectivity index (χ4n) is 0.838. The minimum atomic E-state index is -7.53. The molecule has 0 amide bonds. The van der Waals surface area contributed by atoms with Crippen molar-refractivity contribution in [3.63, 3.8) is 0 Å². The van der Waals surface area contributed by atoms with Gasteiger partial charge in [0.05, 0.1) is 0 Å². The summed E-state index contributed by atoms with van der Waals surface area (Å²) in [6.07, 6.45) is -14.7. The molecule has 0 rings (SSSR count). The van der Waals surface area contributed by atoms with Gasteiger partial charge in [-0.1, -0.05) is 0 Å². The van der Waals surface area contributed by atoms with Crippen molar-refractivity contribution in [2.45, 2.75) is 35.5 Å². The summed E-state index contributed by atoms with van der Waals surface area (Å²) in [6, 6.07) is 0. The van der Waals surface area contributed by atoms with Crippen molar-refractivity contribution in [1.82, 2.24) is 0 Å². The summed E-state index contributed by atoms with van der Waals surface area (Å²) in [5.41, 5.74) is -14.8. The molecule has 0 N–H and O–H groups in total. The molecule has 0 aromatic rings. The minimum absolute atomic E-state index is 7.33. The zero-order chi connectivity index (χ0) is 18.6. The Kier molecular flexibility index (Phi) is 4.95. The van der Waals surface area contributed by atoms with Gasteiger partial charge in [-0.2, -0.15) is 61.5 Å². The molecule has 22 heavy (non-hydrogen) atoms. The Hall–Kier alpha value is -0.750. The molecule has 0 aromatic carbocycles. The lowest BCUT2D eigenvalue weighted by Crippen LogP contribution is -2.56. The van der Waals surface area contributed by atoms with Gasteiger partial charge in [0.2, 0.25) is 7.80 Å². The number of alkyl halides is 14. The summed E-state index contributed by atoms with van der Waals surface area (Å²) >= 11 is 0. The Morgan fingerprint density at radius 1 is 0.455 bits per heavy atom. The first-order valence-corrected chi connectivity index (χ1v) is 5.76. The number of rotatable bonds is 4. The highest BCUT2D eigenvalue weighted by Gasteiger charge is 2.84. The lowest BCUT2D eigenvalue weighted by Gasteiger charge is -2.33. The van der Waals surface area contributed by atoms with Crippen molar-refractivity contribution in [2.75, 3.05) is 0 Å². The molecule has 0 aliphatic rings. The SMILES string of the molecule is O=[PH](C(F)(F)C(F)(F)C(F)(F)F)C(F)(F)C(F)(F)C(F)(F)F. The highest BCUT2D eigenvalue weighted by molar-refractivity contribution is 7.47. The highest BCUT2D eigenvalue weighted by atomic mass is 31.1. The van der Waals surface area contributed by atoms with Crippen molar-refractivity contribution < 1.29 is 66.0 Å². The molecule has 16 heteroatoms. The van der Waals surface area contributed by atoms with Gasteiger partial charge >= 0.3 is 35.5 Å². The smallest absolute Gasteiger partial charge is 0.314 e. The van der Waals surface area contributed by atoms with Crippen LogP contribution in [0, 0.1) is 0 Å². The van der Waals surface area contributed by atoms with Gasteiger partial charge in [0.25, 0.3) is 0 Å². The molecule has 0 aliphatic heterocycles. The predicted molar refractivity (Wildman–Crippen MR) is 40.9 cm³/mol. The Morgan fingerprint density at radius 2 is 0.636 bits per heavy atom. The van der Waals surface area contributed by atoms with E-state index < -0.39 is 43.3 Å². The fourth-order valence-corrected chi connectivity index (χ4v) is 2.09. The summed E-state index contributed by atoms with van der Waals surface area (Å²) in [5.74, 6) is -15.1. The van der Waals surface area contributed by atoms with Crippen molar-refractivity contribution in [2.24, 2.45) is 0 Å². The van der Waals surface area contributed by atoms with Crippen LogP contribution in [0.2, 0.25) is 0 Å². The van der Waals surface area contributed by atoms with Crippen LogP contribution in [0.3, 0.4) is 0 Å². The van der Waals surface area contributed by atoms with Gasteiger partial charge in [-0.25, -0.2) is 0 Å². The van der Waals surface area contributed by atoms with E-state index in [4.69, 9.17) is 0 Å². The monoisotopic (exact) mass is 386 g/mol. The molecule has 0 bridgehead atoms. The van der Waals surface area contributed by atoms with Crippen molar-refractivity contribution in [3.05, 3.63) is 0 Å². The van der Waals surface area contributed by atoms with Gasteiger partial charge in [0, 0.05) is 0 Å². The number of hydrogen-bond donors (Lipinski definition) is 0. The van der Waals surface area contributed by atoms with Crippen LogP contribution >= 0.6 is 7.80 Å². The van der Waals surface area contributed by atoms with E-state index in [1.165, 1.54) is 0 Å². The Balaban J connectivity index is 6.07. The summed E-state index contributed by atoms with van der Waals surface area (Å²) in [5, 5.41) is 0. The predicted octanol–water partition coefficient (Wildman–Crippen LogP) is 5.13. The maximum Gasteiger partial charge on any atom is 0.460 e. The highest BCUT2D eigenvalue weighted by Crippen LogP contribution is 2.68. The molecule has 0 heterocycles. The average Bonchev–Trinajstić information content (AvgIpc) is 2.24. The second-order valence-corrected chi connectivity index (χ2v) is 5.54. The Labute approximate surface area is 111 Å². The van der Waals surface area contributed by atoms with E-state index in [1.54, 1.807) is 0 Å². The molecular weight excluding hydrogens is 385 g/mol. The van der Waals surface area contributed by atoms with E-state index in [1.807, 2.05) is 0 Å². The second-order valence-electron chi connectivity index (χ2n) is 3.62. The third kappa shape index (κ3) is 2.87. The van der Waals surface area contributed by atoms with Crippen LogP contribution in [0.1, 0.15) is 0 Å². The first kappa shape index (κ1) is 21.2. The Morgan fingerprint density at radius 3 is 0.773 bits per heavy atom. The molecular formula is C6HF14OP. The van der Waals surface area contributed by atoms with Gasteiger partial charge in [-0.15, -0.1) is 0 Å². The van der Waals surface area contributed by atoms with Crippen LogP contribution in [-0.2, 0) is 4.57 Å². The van der Waals surface area contributed by atoms with E-state index in [-0.39, 0.29) is 0 Å². The molecule has 0 saturated carbocycles. The van der Waals surface area contributed by atoms with Gasteiger partial charge in [0.1, 0.15) is 0 Å². The maximum absolute atomic E-state index is 12.6. The molecule has 0 aromatic heterocycles.